The molecule has 9 nitrogen and oxygen atoms in total. The first kappa shape index (κ1) is 34.2. The smallest absolute Gasteiger partial charge is 0.264 e. The lowest BCUT2D eigenvalue weighted by Gasteiger charge is -2.33. The number of amides is 2. The largest absolute Gasteiger partial charge is 0.497 e. The highest BCUT2D eigenvalue weighted by Gasteiger charge is 2.34. The number of anilines is 1. The molecule has 242 valence electrons. The Balaban J connectivity index is 1.71. The molecular weight excluding hydrogens is 611 g/mol. The lowest BCUT2D eigenvalue weighted by atomic mass is 9.95. The number of methoxy groups -OCH3 is 1. The molecule has 2 amide bonds. The van der Waals surface area contributed by atoms with Gasteiger partial charge in [0.15, 0.2) is 0 Å². The van der Waals surface area contributed by atoms with Gasteiger partial charge in [-0.3, -0.25) is 13.9 Å². The molecule has 0 bridgehead atoms. The van der Waals surface area contributed by atoms with Crippen molar-refractivity contribution in [2.75, 3.05) is 30.8 Å². The molecule has 0 spiro atoms. The minimum Gasteiger partial charge on any atom is -0.497 e. The van der Waals surface area contributed by atoms with E-state index in [9.17, 15) is 18.0 Å². The Morgan fingerprint density at radius 2 is 1.64 bits per heavy atom. The van der Waals surface area contributed by atoms with Crippen LogP contribution in [0.3, 0.4) is 0 Å². The lowest BCUT2D eigenvalue weighted by molar-refractivity contribution is -0.139. The Morgan fingerprint density at radius 1 is 0.978 bits per heavy atom. The SMILES string of the molecule is CCOc1ccccc1N(CC(=O)N(Cc1ccc(OC)cc1)[C@H](C)C(=O)NC1CCCCC1)S(=O)(=O)c1ccc(SC)cc1. The second kappa shape index (κ2) is 16.0. The van der Waals surface area contributed by atoms with Gasteiger partial charge in [0.1, 0.15) is 24.1 Å². The van der Waals surface area contributed by atoms with Gasteiger partial charge in [0, 0.05) is 17.5 Å². The summed E-state index contributed by atoms with van der Waals surface area (Å²) in [6, 6.07) is 19.8. The molecule has 0 heterocycles. The molecule has 1 aliphatic rings. The predicted molar refractivity (Wildman–Crippen MR) is 178 cm³/mol. The number of benzene rings is 3. The third-order valence-corrected chi connectivity index (χ3v) is 10.5. The maximum absolute atomic E-state index is 14.3. The van der Waals surface area contributed by atoms with E-state index in [0.29, 0.717) is 18.1 Å². The molecule has 0 aromatic heterocycles. The third-order valence-electron chi connectivity index (χ3n) is 7.99. The van der Waals surface area contributed by atoms with Crippen LogP contribution < -0.4 is 19.1 Å². The van der Waals surface area contributed by atoms with Gasteiger partial charge < -0.3 is 19.7 Å². The summed E-state index contributed by atoms with van der Waals surface area (Å²) in [5, 5.41) is 3.13. The molecule has 0 radical (unpaired) electrons. The van der Waals surface area contributed by atoms with Crippen molar-refractivity contribution in [3.05, 3.63) is 78.4 Å². The number of para-hydroxylation sites is 2. The Labute approximate surface area is 271 Å². The number of hydrogen-bond acceptors (Lipinski definition) is 7. The first-order valence-electron chi connectivity index (χ1n) is 15.3. The normalized spacial score (nSPS) is 14.3. The van der Waals surface area contributed by atoms with E-state index >= 15 is 0 Å². The molecule has 1 N–H and O–H groups in total. The van der Waals surface area contributed by atoms with E-state index in [0.717, 1.165) is 46.9 Å². The zero-order valence-electron chi connectivity index (χ0n) is 26.4. The van der Waals surface area contributed by atoms with Gasteiger partial charge in [-0.25, -0.2) is 8.42 Å². The maximum atomic E-state index is 14.3. The van der Waals surface area contributed by atoms with Crippen molar-refractivity contribution in [3.8, 4) is 11.5 Å². The van der Waals surface area contributed by atoms with Gasteiger partial charge in [-0.15, -0.1) is 11.8 Å². The number of carbonyl (C=O) groups is 2. The fourth-order valence-corrected chi connectivity index (χ4v) is 7.24. The molecule has 0 aliphatic heterocycles. The number of nitrogens with one attached hydrogen (secondary N) is 1. The Kier molecular flexibility index (Phi) is 12.2. The van der Waals surface area contributed by atoms with Gasteiger partial charge in [-0.05, 0) is 87.0 Å². The van der Waals surface area contributed by atoms with E-state index in [1.165, 1.54) is 28.8 Å². The van der Waals surface area contributed by atoms with Crippen LogP contribution in [0.15, 0.2) is 82.6 Å². The van der Waals surface area contributed by atoms with Gasteiger partial charge in [-0.2, -0.15) is 0 Å². The van der Waals surface area contributed by atoms with Crippen LogP contribution in [0.5, 0.6) is 11.5 Å². The molecule has 3 aromatic rings. The third kappa shape index (κ3) is 8.73. The highest BCUT2D eigenvalue weighted by Crippen LogP contribution is 2.33. The van der Waals surface area contributed by atoms with Crippen LogP contribution in [-0.2, 0) is 26.2 Å². The van der Waals surface area contributed by atoms with Gasteiger partial charge in [-0.1, -0.05) is 43.5 Å². The Bertz CT molecular complexity index is 1520. The van der Waals surface area contributed by atoms with Crippen molar-refractivity contribution in [1.82, 2.24) is 10.2 Å². The fourth-order valence-electron chi connectivity index (χ4n) is 5.41. The summed E-state index contributed by atoms with van der Waals surface area (Å²) >= 11 is 1.50. The second-order valence-electron chi connectivity index (χ2n) is 11.0. The molecule has 0 saturated heterocycles. The molecule has 4 rings (SSSR count). The molecule has 45 heavy (non-hydrogen) atoms. The van der Waals surface area contributed by atoms with E-state index in [4.69, 9.17) is 9.47 Å². The first-order chi connectivity index (χ1) is 21.7. The van der Waals surface area contributed by atoms with Gasteiger partial charge in [0.2, 0.25) is 11.8 Å². The fraction of sp³-hybridized carbons (Fsp3) is 0.412. The van der Waals surface area contributed by atoms with Crippen LogP contribution in [0, 0.1) is 0 Å². The van der Waals surface area contributed by atoms with Crippen LogP contribution in [0.4, 0.5) is 5.69 Å². The molecular formula is C34H43N3O6S2. The van der Waals surface area contributed by atoms with Crippen LogP contribution in [0.2, 0.25) is 0 Å². The predicted octanol–water partition coefficient (Wildman–Crippen LogP) is 5.88. The molecule has 1 saturated carbocycles. The van der Waals surface area contributed by atoms with Crippen molar-refractivity contribution in [2.24, 2.45) is 0 Å². The monoisotopic (exact) mass is 653 g/mol. The van der Waals surface area contributed by atoms with Crippen molar-refractivity contribution in [1.29, 1.82) is 0 Å². The lowest BCUT2D eigenvalue weighted by Crippen LogP contribution is -2.53. The van der Waals surface area contributed by atoms with E-state index < -0.39 is 28.5 Å². The van der Waals surface area contributed by atoms with Crippen LogP contribution >= 0.6 is 11.8 Å². The van der Waals surface area contributed by atoms with E-state index in [2.05, 4.69) is 5.32 Å². The molecule has 1 aliphatic carbocycles. The van der Waals surface area contributed by atoms with Crippen LogP contribution in [0.25, 0.3) is 0 Å². The number of carbonyl (C=O) groups excluding carboxylic acids is 2. The summed E-state index contributed by atoms with van der Waals surface area (Å²) in [6.07, 6.45) is 6.98. The Hall–Kier alpha value is -3.70. The maximum Gasteiger partial charge on any atom is 0.264 e. The number of ether oxygens (including phenoxy) is 2. The van der Waals surface area contributed by atoms with Crippen molar-refractivity contribution in [3.63, 3.8) is 0 Å². The molecule has 1 fully saturated rings. The zero-order valence-corrected chi connectivity index (χ0v) is 28.0. The van der Waals surface area contributed by atoms with Gasteiger partial charge >= 0.3 is 0 Å². The summed E-state index contributed by atoms with van der Waals surface area (Å²) in [7, 11) is -2.64. The molecule has 1 atom stereocenters. The second-order valence-corrected chi connectivity index (χ2v) is 13.7. The van der Waals surface area contributed by atoms with Crippen molar-refractivity contribution < 1.29 is 27.5 Å². The standard InChI is InChI=1S/C34H43N3O6S2/c1-5-43-32-14-10-9-13-31(32)37(45(40,41)30-21-19-29(44-4)20-22-30)24-33(38)36(23-26-15-17-28(42-3)18-16-26)25(2)34(39)35-27-11-7-6-8-12-27/h9-10,13-22,25,27H,5-8,11-12,23-24H2,1-4H3,(H,35,39)/t25-/m1/s1. The van der Waals surface area contributed by atoms with Crippen molar-refractivity contribution in [2.45, 2.75) is 74.4 Å². The van der Waals surface area contributed by atoms with Crippen LogP contribution in [-0.4, -0.2) is 63.7 Å². The average molecular weight is 654 g/mol. The van der Waals surface area contributed by atoms with Gasteiger partial charge in [0.25, 0.3) is 10.0 Å². The van der Waals surface area contributed by atoms with E-state index in [1.54, 1.807) is 62.6 Å². The number of thioether (sulfide) groups is 1. The van der Waals surface area contributed by atoms with E-state index in [-0.39, 0.29) is 29.1 Å². The van der Waals surface area contributed by atoms with Gasteiger partial charge in [0.05, 0.1) is 24.3 Å². The van der Waals surface area contributed by atoms with E-state index in [1.807, 2.05) is 25.3 Å². The molecule has 3 aromatic carbocycles. The summed E-state index contributed by atoms with van der Waals surface area (Å²) in [5.41, 5.74) is 1.02. The van der Waals surface area contributed by atoms with Crippen molar-refractivity contribution >= 4 is 39.3 Å². The zero-order chi connectivity index (χ0) is 32.4. The minimum atomic E-state index is -4.22. The quantitative estimate of drug-likeness (QED) is 0.217. The molecule has 11 heteroatoms. The summed E-state index contributed by atoms with van der Waals surface area (Å²) in [4.78, 5) is 30.3. The minimum absolute atomic E-state index is 0.0456. The Morgan fingerprint density at radius 3 is 2.27 bits per heavy atom. The highest BCUT2D eigenvalue weighted by molar-refractivity contribution is 7.98. The summed E-state index contributed by atoms with van der Waals surface area (Å²) in [6.45, 7) is 3.38. The summed E-state index contributed by atoms with van der Waals surface area (Å²) in [5.74, 6) is 0.215. The summed E-state index contributed by atoms with van der Waals surface area (Å²) < 4.78 is 40.7. The molecule has 0 unspecified atom stereocenters. The highest BCUT2D eigenvalue weighted by atomic mass is 32.2. The number of nitrogens with zero attached hydrogens (tertiary/aromatic N) is 2. The number of hydrogen-bond donors (Lipinski definition) is 1. The number of sulfonamides is 1. The van der Waals surface area contributed by atoms with Crippen LogP contribution in [0.1, 0.15) is 51.5 Å². The average Bonchev–Trinajstić information content (AvgIpc) is 3.07. The topological polar surface area (TPSA) is 105 Å². The number of rotatable bonds is 14. The first-order valence-corrected chi connectivity index (χ1v) is 18.0.